The highest BCUT2D eigenvalue weighted by molar-refractivity contribution is 5.14. The molecule has 1 atom stereocenters. The van der Waals surface area contributed by atoms with Gasteiger partial charge in [0.15, 0.2) is 0 Å². The lowest BCUT2D eigenvalue weighted by atomic mass is 9.84. The zero-order chi connectivity index (χ0) is 11.4. The molecule has 1 aliphatic rings. The van der Waals surface area contributed by atoms with Crippen molar-refractivity contribution in [2.75, 3.05) is 0 Å². The van der Waals surface area contributed by atoms with Crippen LogP contribution in [-0.2, 0) is 6.54 Å². The summed E-state index contributed by atoms with van der Waals surface area (Å²) in [6.07, 6.45) is 8.82. The second kappa shape index (κ2) is 5.53. The lowest BCUT2D eigenvalue weighted by molar-refractivity contribution is 0.275. The highest BCUT2D eigenvalue weighted by Gasteiger charge is 2.19. The van der Waals surface area contributed by atoms with E-state index >= 15 is 0 Å². The molecule has 0 aromatic carbocycles. The van der Waals surface area contributed by atoms with Crippen molar-refractivity contribution in [1.82, 2.24) is 5.32 Å². The number of hydrogen-bond acceptors (Lipinski definition) is 2. The minimum Gasteiger partial charge on any atom is -0.468 e. The molecule has 1 heterocycles. The summed E-state index contributed by atoms with van der Waals surface area (Å²) in [5, 5.41) is 3.60. The Kier molecular flexibility index (Phi) is 4.05. The van der Waals surface area contributed by atoms with Gasteiger partial charge in [-0.25, -0.2) is 0 Å². The molecule has 1 fully saturated rings. The SMILES string of the molecule is Cc1ccoc1CN[C@@H](C)C1CCCCC1. The van der Waals surface area contributed by atoms with Crippen LogP contribution in [0.4, 0.5) is 0 Å². The maximum absolute atomic E-state index is 5.44. The van der Waals surface area contributed by atoms with Gasteiger partial charge >= 0.3 is 0 Å². The third-order valence-electron chi connectivity index (χ3n) is 3.91. The second-order valence-corrected chi connectivity index (χ2v) is 5.09. The standard InChI is InChI=1S/C14H23NO/c1-11-8-9-16-14(11)10-15-12(2)13-6-4-3-5-7-13/h8-9,12-13,15H,3-7,10H2,1-2H3/t12-/m0/s1. The molecule has 90 valence electrons. The van der Waals surface area contributed by atoms with Crippen LogP contribution in [0, 0.1) is 12.8 Å². The summed E-state index contributed by atoms with van der Waals surface area (Å²) < 4.78 is 5.44. The summed E-state index contributed by atoms with van der Waals surface area (Å²) in [7, 11) is 0. The number of aryl methyl sites for hydroxylation is 1. The zero-order valence-corrected chi connectivity index (χ0v) is 10.5. The first kappa shape index (κ1) is 11.7. The first-order valence-electron chi connectivity index (χ1n) is 6.53. The molecule has 0 spiro atoms. The topological polar surface area (TPSA) is 25.2 Å². The van der Waals surface area contributed by atoms with Crippen LogP contribution in [0.2, 0.25) is 0 Å². The van der Waals surface area contributed by atoms with E-state index < -0.39 is 0 Å². The van der Waals surface area contributed by atoms with Crippen molar-refractivity contribution in [1.29, 1.82) is 0 Å². The summed E-state index contributed by atoms with van der Waals surface area (Å²) in [6.45, 7) is 5.29. The average Bonchev–Trinajstić information content (AvgIpc) is 2.73. The minimum atomic E-state index is 0.616. The fourth-order valence-electron chi connectivity index (χ4n) is 2.64. The van der Waals surface area contributed by atoms with Gasteiger partial charge in [-0.15, -0.1) is 0 Å². The van der Waals surface area contributed by atoms with Crippen LogP contribution in [0.15, 0.2) is 16.7 Å². The van der Waals surface area contributed by atoms with Crippen molar-refractivity contribution in [3.8, 4) is 0 Å². The number of furan rings is 1. The highest BCUT2D eigenvalue weighted by Crippen LogP contribution is 2.26. The third kappa shape index (κ3) is 2.88. The van der Waals surface area contributed by atoms with Crippen LogP contribution in [0.3, 0.4) is 0 Å². The number of hydrogen-bond donors (Lipinski definition) is 1. The maximum atomic E-state index is 5.44. The summed E-state index contributed by atoms with van der Waals surface area (Å²) in [5.74, 6) is 1.95. The Balaban J connectivity index is 1.78. The van der Waals surface area contributed by atoms with Crippen LogP contribution in [0.1, 0.15) is 50.4 Å². The minimum absolute atomic E-state index is 0.616. The molecule has 16 heavy (non-hydrogen) atoms. The largest absolute Gasteiger partial charge is 0.468 e. The smallest absolute Gasteiger partial charge is 0.120 e. The molecular formula is C14H23NO. The lowest BCUT2D eigenvalue weighted by Crippen LogP contribution is -2.34. The van der Waals surface area contributed by atoms with Crippen molar-refractivity contribution in [3.05, 3.63) is 23.7 Å². The summed E-state index contributed by atoms with van der Waals surface area (Å²) >= 11 is 0. The lowest BCUT2D eigenvalue weighted by Gasteiger charge is -2.28. The molecule has 2 rings (SSSR count). The van der Waals surface area contributed by atoms with Crippen molar-refractivity contribution >= 4 is 0 Å². The van der Waals surface area contributed by atoms with Gasteiger partial charge in [0.05, 0.1) is 12.8 Å². The molecule has 0 aliphatic heterocycles. The van der Waals surface area contributed by atoms with E-state index in [1.165, 1.54) is 37.7 Å². The van der Waals surface area contributed by atoms with Crippen LogP contribution in [0.5, 0.6) is 0 Å². The molecule has 1 N–H and O–H groups in total. The van der Waals surface area contributed by atoms with Gasteiger partial charge in [-0.1, -0.05) is 19.3 Å². The van der Waals surface area contributed by atoms with Gasteiger partial charge in [-0.2, -0.15) is 0 Å². The molecule has 1 aliphatic carbocycles. The molecular weight excluding hydrogens is 198 g/mol. The molecule has 0 unspecified atom stereocenters. The molecule has 1 aromatic heterocycles. The molecule has 0 bridgehead atoms. The van der Waals surface area contributed by atoms with Gasteiger partial charge in [0.2, 0.25) is 0 Å². The Morgan fingerprint density at radius 1 is 1.38 bits per heavy atom. The van der Waals surface area contributed by atoms with Crippen molar-refractivity contribution in [3.63, 3.8) is 0 Å². The van der Waals surface area contributed by atoms with Gasteiger partial charge in [0.1, 0.15) is 5.76 Å². The molecule has 0 radical (unpaired) electrons. The Bertz CT molecular complexity index is 312. The fourth-order valence-corrected chi connectivity index (χ4v) is 2.64. The predicted molar refractivity (Wildman–Crippen MR) is 66.3 cm³/mol. The van der Waals surface area contributed by atoms with Crippen LogP contribution < -0.4 is 5.32 Å². The van der Waals surface area contributed by atoms with Gasteiger partial charge < -0.3 is 9.73 Å². The number of nitrogens with one attached hydrogen (secondary N) is 1. The Labute approximate surface area is 98.4 Å². The van der Waals surface area contributed by atoms with Gasteiger partial charge in [0, 0.05) is 6.04 Å². The quantitative estimate of drug-likeness (QED) is 0.839. The predicted octanol–water partition coefficient (Wildman–Crippen LogP) is 3.65. The molecule has 0 amide bonds. The van der Waals surface area contributed by atoms with Crippen molar-refractivity contribution < 1.29 is 4.42 Å². The zero-order valence-electron chi connectivity index (χ0n) is 10.5. The van der Waals surface area contributed by atoms with E-state index in [-0.39, 0.29) is 0 Å². The van der Waals surface area contributed by atoms with Gasteiger partial charge in [-0.3, -0.25) is 0 Å². The van der Waals surface area contributed by atoms with E-state index in [4.69, 9.17) is 4.42 Å². The molecule has 2 heteroatoms. The van der Waals surface area contributed by atoms with E-state index in [1.54, 1.807) is 6.26 Å². The fraction of sp³-hybridized carbons (Fsp3) is 0.714. The number of rotatable bonds is 4. The molecule has 0 saturated heterocycles. The van der Waals surface area contributed by atoms with Gasteiger partial charge in [0.25, 0.3) is 0 Å². The normalized spacial score (nSPS) is 19.9. The summed E-state index contributed by atoms with van der Waals surface area (Å²) in [5.41, 5.74) is 1.25. The average molecular weight is 221 g/mol. The molecule has 1 saturated carbocycles. The molecule has 2 nitrogen and oxygen atoms in total. The van der Waals surface area contributed by atoms with E-state index in [0.29, 0.717) is 6.04 Å². The van der Waals surface area contributed by atoms with Crippen molar-refractivity contribution in [2.45, 2.75) is 58.5 Å². The Morgan fingerprint density at radius 3 is 2.75 bits per heavy atom. The van der Waals surface area contributed by atoms with Crippen LogP contribution in [-0.4, -0.2) is 6.04 Å². The summed E-state index contributed by atoms with van der Waals surface area (Å²) in [4.78, 5) is 0. The van der Waals surface area contributed by atoms with Crippen molar-refractivity contribution in [2.24, 2.45) is 5.92 Å². The van der Waals surface area contributed by atoms with E-state index in [0.717, 1.165) is 18.2 Å². The van der Waals surface area contributed by atoms with E-state index in [2.05, 4.69) is 19.2 Å². The monoisotopic (exact) mass is 221 g/mol. The second-order valence-electron chi connectivity index (χ2n) is 5.09. The van der Waals surface area contributed by atoms with Crippen LogP contribution >= 0.6 is 0 Å². The van der Waals surface area contributed by atoms with E-state index in [9.17, 15) is 0 Å². The van der Waals surface area contributed by atoms with Crippen LogP contribution in [0.25, 0.3) is 0 Å². The first-order valence-corrected chi connectivity index (χ1v) is 6.53. The van der Waals surface area contributed by atoms with Gasteiger partial charge in [-0.05, 0) is 44.2 Å². The third-order valence-corrected chi connectivity index (χ3v) is 3.91. The summed E-state index contributed by atoms with van der Waals surface area (Å²) in [6, 6.07) is 2.65. The molecule has 1 aromatic rings. The van der Waals surface area contributed by atoms with E-state index in [1.807, 2.05) is 6.07 Å². The first-order chi connectivity index (χ1) is 7.77. The Hall–Kier alpha value is -0.760. The Morgan fingerprint density at radius 2 is 2.12 bits per heavy atom. The highest BCUT2D eigenvalue weighted by atomic mass is 16.3. The maximum Gasteiger partial charge on any atom is 0.120 e.